The third-order valence-corrected chi connectivity index (χ3v) is 8.01. The van der Waals surface area contributed by atoms with E-state index in [0.717, 1.165) is 56.5 Å². The highest BCUT2D eigenvalue weighted by molar-refractivity contribution is 7.09. The minimum absolute atomic E-state index is 0.0872. The summed E-state index contributed by atoms with van der Waals surface area (Å²) in [6.07, 6.45) is 8.26. The van der Waals surface area contributed by atoms with Gasteiger partial charge in [0.25, 0.3) is 11.8 Å². The molecule has 3 amide bonds. The van der Waals surface area contributed by atoms with Crippen LogP contribution in [0.1, 0.15) is 106 Å². The fourth-order valence-corrected chi connectivity index (χ4v) is 5.78. The molecule has 2 fully saturated rings. The summed E-state index contributed by atoms with van der Waals surface area (Å²) in [5.74, 6) is -0.221. The van der Waals surface area contributed by atoms with E-state index in [1.54, 1.807) is 4.90 Å². The standard InChI is InChI=1S/C27H45N5O4S/c1-17(2)12-13-29-25(33)21(15-18(3)4)32(16-20-11-8-14-36-20)27(35)24-22(28)23(31-37-24)26(34)30-19-9-6-5-7-10-19/h17-21H,5-16,28H2,1-4H3,(H,29,33)(H,30,34). The Hall–Kier alpha value is -2.20. The first kappa shape index (κ1) is 29.4. The van der Waals surface area contributed by atoms with E-state index in [4.69, 9.17) is 10.5 Å². The Labute approximate surface area is 225 Å². The van der Waals surface area contributed by atoms with Crippen LogP contribution in [0.5, 0.6) is 0 Å². The monoisotopic (exact) mass is 535 g/mol. The quantitative estimate of drug-likeness (QED) is 0.372. The van der Waals surface area contributed by atoms with Gasteiger partial charge in [0.15, 0.2) is 5.69 Å². The minimum Gasteiger partial charge on any atom is -0.395 e. The molecule has 208 valence electrons. The maximum Gasteiger partial charge on any atom is 0.273 e. The lowest BCUT2D eigenvalue weighted by Gasteiger charge is -2.33. The Kier molecular flexibility index (Phi) is 11.2. The molecule has 0 aromatic carbocycles. The van der Waals surface area contributed by atoms with E-state index in [9.17, 15) is 14.4 Å². The van der Waals surface area contributed by atoms with E-state index in [0.29, 0.717) is 32.0 Å². The molecule has 1 saturated heterocycles. The van der Waals surface area contributed by atoms with Crippen LogP contribution >= 0.6 is 11.5 Å². The van der Waals surface area contributed by atoms with Crippen LogP contribution in [0.3, 0.4) is 0 Å². The maximum absolute atomic E-state index is 13.9. The molecule has 4 N–H and O–H groups in total. The van der Waals surface area contributed by atoms with Gasteiger partial charge in [0, 0.05) is 25.7 Å². The number of hydrogen-bond donors (Lipinski definition) is 3. The van der Waals surface area contributed by atoms with Gasteiger partial charge in [-0.2, -0.15) is 4.37 Å². The van der Waals surface area contributed by atoms with E-state index in [1.807, 2.05) is 13.8 Å². The molecule has 2 heterocycles. The van der Waals surface area contributed by atoms with Crippen LogP contribution in [-0.2, 0) is 9.53 Å². The summed E-state index contributed by atoms with van der Waals surface area (Å²) in [4.78, 5) is 42.0. The summed E-state index contributed by atoms with van der Waals surface area (Å²) in [5.41, 5.74) is 6.54. The molecule has 37 heavy (non-hydrogen) atoms. The molecule has 2 aliphatic rings. The molecule has 1 aromatic rings. The zero-order valence-electron chi connectivity index (χ0n) is 22.9. The highest BCUT2D eigenvalue weighted by atomic mass is 32.1. The molecule has 10 heteroatoms. The van der Waals surface area contributed by atoms with Gasteiger partial charge in [-0.25, -0.2) is 0 Å². The molecular formula is C27H45N5O4S. The fourth-order valence-electron chi connectivity index (χ4n) is 5.03. The highest BCUT2D eigenvalue weighted by Gasteiger charge is 2.36. The fraction of sp³-hybridized carbons (Fsp3) is 0.778. The van der Waals surface area contributed by atoms with Crippen LogP contribution in [0.2, 0.25) is 0 Å². The first-order valence-corrected chi connectivity index (χ1v) is 14.7. The van der Waals surface area contributed by atoms with Crippen molar-refractivity contribution in [2.45, 2.75) is 104 Å². The number of nitrogens with zero attached hydrogens (tertiary/aromatic N) is 2. The molecule has 0 spiro atoms. The molecule has 9 nitrogen and oxygen atoms in total. The van der Waals surface area contributed by atoms with Gasteiger partial charge in [0.1, 0.15) is 10.9 Å². The average Bonchev–Trinajstić information content (AvgIpc) is 3.50. The Morgan fingerprint density at radius 3 is 2.43 bits per heavy atom. The number of carbonyl (C=O) groups is 3. The lowest BCUT2D eigenvalue weighted by Crippen LogP contribution is -2.52. The second-order valence-electron chi connectivity index (χ2n) is 11.3. The third-order valence-electron chi connectivity index (χ3n) is 7.16. The van der Waals surface area contributed by atoms with Gasteiger partial charge in [0.05, 0.1) is 11.8 Å². The summed E-state index contributed by atoms with van der Waals surface area (Å²) in [6.45, 7) is 9.81. The highest BCUT2D eigenvalue weighted by Crippen LogP contribution is 2.28. The summed E-state index contributed by atoms with van der Waals surface area (Å²) in [7, 11) is 0. The second-order valence-corrected chi connectivity index (χ2v) is 12.1. The van der Waals surface area contributed by atoms with E-state index < -0.39 is 6.04 Å². The Morgan fingerprint density at radius 2 is 1.81 bits per heavy atom. The van der Waals surface area contributed by atoms with Crippen molar-refractivity contribution >= 4 is 34.9 Å². The minimum atomic E-state index is -0.662. The molecule has 3 rings (SSSR count). The first-order valence-electron chi connectivity index (χ1n) is 13.9. The number of aromatic nitrogens is 1. The van der Waals surface area contributed by atoms with Crippen LogP contribution in [0, 0.1) is 11.8 Å². The molecule has 0 radical (unpaired) electrons. The molecule has 2 atom stereocenters. The van der Waals surface area contributed by atoms with Crippen molar-refractivity contribution in [1.29, 1.82) is 0 Å². The molecule has 1 aliphatic carbocycles. The number of nitrogen functional groups attached to an aromatic ring is 1. The number of nitrogens with two attached hydrogens (primary N) is 1. The third kappa shape index (κ3) is 8.40. The number of carbonyl (C=O) groups excluding carboxylic acids is 3. The van der Waals surface area contributed by atoms with Crippen LogP contribution in [0.15, 0.2) is 0 Å². The average molecular weight is 536 g/mol. The SMILES string of the molecule is CC(C)CCNC(=O)C(CC(C)C)N(CC1CCCO1)C(=O)c1snc(C(=O)NC2CCCCC2)c1N. The summed E-state index contributed by atoms with van der Waals surface area (Å²) in [5, 5.41) is 6.07. The number of amides is 3. The molecule has 1 aliphatic heterocycles. The predicted molar refractivity (Wildman–Crippen MR) is 147 cm³/mol. The van der Waals surface area contributed by atoms with Gasteiger partial charge in [-0.15, -0.1) is 0 Å². The van der Waals surface area contributed by atoms with Crippen LogP contribution in [0.4, 0.5) is 5.69 Å². The van der Waals surface area contributed by atoms with Crippen molar-refractivity contribution in [2.75, 3.05) is 25.4 Å². The van der Waals surface area contributed by atoms with E-state index in [-0.39, 0.29) is 52.0 Å². The summed E-state index contributed by atoms with van der Waals surface area (Å²) >= 11 is 0.931. The second kappa shape index (κ2) is 14.1. The number of anilines is 1. The largest absolute Gasteiger partial charge is 0.395 e. The van der Waals surface area contributed by atoms with Gasteiger partial charge < -0.3 is 26.0 Å². The lowest BCUT2D eigenvalue weighted by molar-refractivity contribution is -0.126. The van der Waals surface area contributed by atoms with Gasteiger partial charge >= 0.3 is 0 Å². The van der Waals surface area contributed by atoms with E-state index in [1.165, 1.54) is 6.42 Å². The first-order chi connectivity index (χ1) is 17.7. The number of nitrogens with one attached hydrogen (secondary N) is 2. The molecular weight excluding hydrogens is 490 g/mol. The molecule has 0 bridgehead atoms. The number of hydrogen-bond acceptors (Lipinski definition) is 7. The lowest BCUT2D eigenvalue weighted by atomic mass is 9.95. The van der Waals surface area contributed by atoms with Crippen LogP contribution in [-0.4, -0.2) is 64.9 Å². The molecule has 1 saturated carbocycles. The predicted octanol–water partition coefficient (Wildman–Crippen LogP) is 3.99. The summed E-state index contributed by atoms with van der Waals surface area (Å²) in [6, 6.07) is -0.549. The molecule has 1 aromatic heterocycles. The number of rotatable bonds is 12. The smallest absolute Gasteiger partial charge is 0.273 e. The zero-order chi connectivity index (χ0) is 26.9. The molecule has 2 unspecified atom stereocenters. The van der Waals surface area contributed by atoms with Gasteiger partial charge in [0.2, 0.25) is 5.91 Å². The maximum atomic E-state index is 13.9. The zero-order valence-corrected chi connectivity index (χ0v) is 23.7. The number of ether oxygens (including phenoxy) is 1. The Morgan fingerprint density at radius 1 is 1.08 bits per heavy atom. The topological polar surface area (TPSA) is 127 Å². The van der Waals surface area contributed by atoms with Gasteiger partial charge in [-0.3, -0.25) is 14.4 Å². The van der Waals surface area contributed by atoms with Crippen molar-refractivity contribution in [1.82, 2.24) is 19.9 Å². The Bertz CT molecular complexity index is 907. The summed E-state index contributed by atoms with van der Waals surface area (Å²) < 4.78 is 10.1. The van der Waals surface area contributed by atoms with Crippen molar-refractivity contribution < 1.29 is 19.1 Å². The van der Waals surface area contributed by atoms with E-state index >= 15 is 0 Å². The van der Waals surface area contributed by atoms with E-state index in [2.05, 4.69) is 28.9 Å². The van der Waals surface area contributed by atoms with Crippen molar-refractivity contribution in [3.63, 3.8) is 0 Å². The normalized spacial score (nSPS) is 19.2. The van der Waals surface area contributed by atoms with Gasteiger partial charge in [-0.05, 0) is 61.9 Å². The Balaban J connectivity index is 1.83. The van der Waals surface area contributed by atoms with Crippen LogP contribution < -0.4 is 16.4 Å². The van der Waals surface area contributed by atoms with Crippen molar-refractivity contribution in [2.24, 2.45) is 11.8 Å². The van der Waals surface area contributed by atoms with Crippen molar-refractivity contribution in [3.8, 4) is 0 Å². The van der Waals surface area contributed by atoms with Gasteiger partial charge in [-0.1, -0.05) is 47.0 Å². The van der Waals surface area contributed by atoms with Crippen LogP contribution in [0.25, 0.3) is 0 Å². The van der Waals surface area contributed by atoms with Crippen molar-refractivity contribution in [3.05, 3.63) is 10.6 Å².